The number of amides is 5. The fraction of sp³-hybridized carbons (Fsp3) is 0.415. The van der Waals surface area contributed by atoms with Gasteiger partial charge < -0.3 is 30.3 Å². The molecule has 4 N–H and O–H groups in total. The van der Waals surface area contributed by atoms with Gasteiger partial charge in [0, 0.05) is 75.1 Å². The Labute approximate surface area is 333 Å². The average molecular weight is 789 g/mol. The number of piperidine rings is 2. The molecule has 2 aromatic carbocycles. The van der Waals surface area contributed by atoms with Crippen molar-refractivity contribution in [3.63, 3.8) is 0 Å². The van der Waals surface area contributed by atoms with Crippen molar-refractivity contribution in [2.24, 2.45) is 11.7 Å². The lowest BCUT2D eigenvalue weighted by atomic mass is 9.90. The second kappa shape index (κ2) is 14.9. The minimum Gasteiger partial charge on any atom is -0.491 e. The molecular formula is C41H44N10O7. The van der Waals surface area contributed by atoms with E-state index in [9.17, 15) is 24.0 Å². The first-order valence-corrected chi connectivity index (χ1v) is 19.7. The number of hydrogen-bond donors (Lipinski definition) is 3. The van der Waals surface area contributed by atoms with Gasteiger partial charge in [-0.1, -0.05) is 0 Å². The van der Waals surface area contributed by atoms with Crippen molar-refractivity contribution in [3.8, 4) is 5.75 Å². The maximum Gasteiger partial charge on any atom is 0.262 e. The zero-order chi connectivity index (χ0) is 40.1. The van der Waals surface area contributed by atoms with Crippen molar-refractivity contribution in [1.29, 1.82) is 0 Å². The van der Waals surface area contributed by atoms with E-state index in [-0.39, 0.29) is 41.4 Å². The van der Waals surface area contributed by atoms with Crippen LogP contribution in [0.15, 0.2) is 61.2 Å². The number of aromatic nitrogens is 4. The largest absolute Gasteiger partial charge is 0.491 e. The highest BCUT2D eigenvalue weighted by Gasteiger charge is 2.48. The number of imide groups is 2. The second-order valence-corrected chi connectivity index (χ2v) is 15.8. The van der Waals surface area contributed by atoms with Gasteiger partial charge in [-0.2, -0.15) is 5.10 Å². The topological polar surface area (TPSA) is 207 Å². The van der Waals surface area contributed by atoms with Gasteiger partial charge in [-0.15, -0.1) is 0 Å². The molecule has 17 nitrogen and oxygen atoms in total. The number of hydrogen-bond acceptors (Lipinski definition) is 13. The third-order valence-corrected chi connectivity index (χ3v) is 11.9. The van der Waals surface area contributed by atoms with Gasteiger partial charge in [-0.05, 0) is 68.4 Å². The van der Waals surface area contributed by atoms with E-state index in [1.165, 1.54) is 6.20 Å². The van der Waals surface area contributed by atoms with Crippen LogP contribution in [0, 0.1) is 5.92 Å². The van der Waals surface area contributed by atoms with Gasteiger partial charge in [0.2, 0.25) is 11.8 Å². The molecule has 1 aliphatic carbocycles. The van der Waals surface area contributed by atoms with E-state index < -0.39 is 41.2 Å². The molecule has 9 rings (SSSR count). The number of benzene rings is 2. The molecule has 0 spiro atoms. The molecule has 4 fully saturated rings. The summed E-state index contributed by atoms with van der Waals surface area (Å²) in [6.45, 7) is 4.22. The Kier molecular flexibility index (Phi) is 9.64. The Morgan fingerprint density at radius 2 is 1.76 bits per heavy atom. The smallest absolute Gasteiger partial charge is 0.262 e. The van der Waals surface area contributed by atoms with Gasteiger partial charge in [-0.3, -0.25) is 38.9 Å². The van der Waals surface area contributed by atoms with Crippen LogP contribution in [0.2, 0.25) is 0 Å². The number of rotatable bonds is 12. The van der Waals surface area contributed by atoms with E-state index in [1.807, 2.05) is 29.1 Å². The summed E-state index contributed by atoms with van der Waals surface area (Å²) in [5, 5.41) is 11.0. The highest BCUT2D eigenvalue weighted by Crippen LogP contribution is 2.38. The second-order valence-electron chi connectivity index (χ2n) is 15.8. The van der Waals surface area contributed by atoms with Crippen LogP contribution < -0.4 is 26.0 Å². The van der Waals surface area contributed by atoms with Crippen molar-refractivity contribution in [2.75, 3.05) is 56.7 Å². The summed E-state index contributed by atoms with van der Waals surface area (Å²) in [6.07, 6.45) is 10.6. The molecule has 6 heterocycles. The first kappa shape index (κ1) is 37.4. The van der Waals surface area contributed by atoms with Crippen LogP contribution in [0.1, 0.15) is 71.1 Å². The summed E-state index contributed by atoms with van der Waals surface area (Å²) in [5.41, 5.74) is 8.19. The van der Waals surface area contributed by atoms with Crippen LogP contribution in [0.4, 0.5) is 11.4 Å². The van der Waals surface area contributed by atoms with Crippen LogP contribution in [0.25, 0.3) is 16.5 Å². The summed E-state index contributed by atoms with van der Waals surface area (Å²) in [5.74, 6) is -1.23. The fourth-order valence-corrected chi connectivity index (χ4v) is 8.38. The van der Waals surface area contributed by atoms with E-state index >= 15 is 0 Å². The molecule has 2 aromatic heterocycles. The number of likely N-dealkylation sites (tertiary alicyclic amines) is 1. The highest BCUT2D eigenvalue weighted by atomic mass is 16.5. The number of anilines is 2. The molecule has 5 aliphatic rings. The Bertz CT molecular complexity index is 2350. The molecule has 0 bridgehead atoms. The number of fused-ring (bicyclic) bond motifs is 2. The van der Waals surface area contributed by atoms with Crippen LogP contribution in [0.5, 0.6) is 5.75 Å². The molecule has 58 heavy (non-hydrogen) atoms. The Morgan fingerprint density at radius 1 is 1.00 bits per heavy atom. The lowest BCUT2D eigenvalue weighted by molar-refractivity contribution is -0.136. The van der Waals surface area contributed by atoms with Crippen molar-refractivity contribution < 1.29 is 33.4 Å². The lowest BCUT2D eigenvalue weighted by Crippen LogP contribution is -2.68. The number of nitrogens with zero attached hydrogens (tertiary/aromatic N) is 7. The zero-order valence-corrected chi connectivity index (χ0v) is 32.1. The monoisotopic (exact) mass is 788 g/mol. The normalized spacial score (nSPS) is 21.3. The van der Waals surface area contributed by atoms with Crippen LogP contribution in [0.3, 0.4) is 0 Å². The van der Waals surface area contributed by atoms with E-state index in [4.69, 9.17) is 20.3 Å². The van der Waals surface area contributed by atoms with Gasteiger partial charge in [0.05, 0.1) is 53.6 Å². The van der Waals surface area contributed by atoms with Crippen LogP contribution in [-0.4, -0.2) is 117 Å². The predicted octanol–water partition coefficient (Wildman–Crippen LogP) is 2.50. The third-order valence-electron chi connectivity index (χ3n) is 11.9. The van der Waals surface area contributed by atoms with Crippen molar-refractivity contribution in [3.05, 3.63) is 78.1 Å². The van der Waals surface area contributed by atoms with E-state index in [0.29, 0.717) is 37.1 Å². The number of nitrogens with two attached hydrogens (primary N) is 1. The molecule has 5 amide bonds. The summed E-state index contributed by atoms with van der Waals surface area (Å²) in [4.78, 5) is 77.9. The third kappa shape index (κ3) is 7.04. The molecule has 1 unspecified atom stereocenters. The maximum atomic E-state index is 13.4. The van der Waals surface area contributed by atoms with Gasteiger partial charge in [-0.25, -0.2) is 9.97 Å². The van der Waals surface area contributed by atoms with Gasteiger partial charge >= 0.3 is 0 Å². The van der Waals surface area contributed by atoms with Crippen LogP contribution in [-0.2, 0) is 19.1 Å². The number of ether oxygens (including phenoxy) is 2. The zero-order valence-electron chi connectivity index (χ0n) is 32.1. The quantitative estimate of drug-likeness (QED) is 0.140. The average Bonchev–Trinajstić information content (AvgIpc) is 3.91. The van der Waals surface area contributed by atoms with Gasteiger partial charge in [0.25, 0.3) is 17.7 Å². The molecule has 1 atom stereocenters. The molecule has 0 radical (unpaired) electrons. The molecule has 4 aliphatic heterocycles. The van der Waals surface area contributed by atoms with E-state index in [1.54, 1.807) is 37.7 Å². The summed E-state index contributed by atoms with van der Waals surface area (Å²) >= 11 is 0. The lowest BCUT2D eigenvalue weighted by Gasteiger charge is -2.52. The van der Waals surface area contributed by atoms with Crippen molar-refractivity contribution in [2.45, 2.75) is 56.2 Å². The molecule has 3 saturated heterocycles. The minimum absolute atomic E-state index is 0.0714. The Morgan fingerprint density at radius 3 is 2.47 bits per heavy atom. The first-order chi connectivity index (χ1) is 28.1. The fourth-order valence-electron chi connectivity index (χ4n) is 8.38. The molecular weight excluding hydrogens is 745 g/mol. The highest BCUT2D eigenvalue weighted by molar-refractivity contribution is 6.25. The summed E-state index contributed by atoms with van der Waals surface area (Å²) in [6, 6.07) is 9.81. The molecule has 300 valence electrons. The van der Waals surface area contributed by atoms with Crippen LogP contribution >= 0.6 is 0 Å². The van der Waals surface area contributed by atoms with E-state index in [2.05, 4.69) is 30.4 Å². The number of carbonyl (C=O) groups is 5. The number of methoxy groups -OCH3 is 1. The Hall–Kier alpha value is -6.20. The van der Waals surface area contributed by atoms with E-state index in [0.717, 1.165) is 66.8 Å². The SMILES string of the molecule is COC1(CN2CCC(n3cc4cc(NC(=O)/C(=C/N)c5ncccn5)c(OCC5CC5)cc4n3)CC2)CN(c2ccc3c(c2)C(=O)N(C2CCC(=O)NC2=O)C3=O)C1. The van der Waals surface area contributed by atoms with Gasteiger partial charge in [0.1, 0.15) is 17.4 Å². The first-order valence-electron chi connectivity index (χ1n) is 19.7. The summed E-state index contributed by atoms with van der Waals surface area (Å²) < 4.78 is 14.3. The van der Waals surface area contributed by atoms with Crippen molar-refractivity contribution in [1.82, 2.24) is 34.9 Å². The van der Waals surface area contributed by atoms with Gasteiger partial charge in [0.15, 0.2) is 5.82 Å². The number of carbonyl (C=O) groups excluding carboxylic acids is 5. The maximum absolute atomic E-state index is 13.4. The predicted molar refractivity (Wildman–Crippen MR) is 211 cm³/mol. The molecule has 1 saturated carbocycles. The molecule has 17 heteroatoms. The Balaban J connectivity index is 0.831. The molecule has 4 aromatic rings. The standard InChI is InChI=1S/C41H44N10O7/c1-57-41(22-49(23-41)27-5-6-28-29(16-27)40(56)51(39(28)55)33-7-8-35(52)46-38(33)54)21-48-13-9-26(10-14-48)50-19-25-15-32(34(17-31(25)47-50)58-20-24-3-4-24)45-37(53)30(18-42)36-43-11-2-12-44-36/h2,5-6,11-12,15-19,24,26,33H,3-4,7-10,13-14,20-23,42H2,1H3,(H,45,53)(H,46,52,54)/b30-18+. The van der Waals surface area contributed by atoms with Crippen molar-refractivity contribution >= 4 is 57.4 Å². The minimum atomic E-state index is -1.00. The summed E-state index contributed by atoms with van der Waals surface area (Å²) in [7, 11) is 1.73. The number of nitrogens with one attached hydrogen (secondary N) is 2.